The van der Waals surface area contributed by atoms with Crippen molar-refractivity contribution in [1.82, 2.24) is 5.32 Å². The van der Waals surface area contributed by atoms with Crippen molar-refractivity contribution in [3.63, 3.8) is 0 Å². The van der Waals surface area contributed by atoms with Crippen LogP contribution in [0.4, 0.5) is 0 Å². The van der Waals surface area contributed by atoms with Crippen molar-refractivity contribution in [2.75, 3.05) is 12.4 Å². The van der Waals surface area contributed by atoms with Crippen molar-refractivity contribution < 1.29 is 4.79 Å². The monoisotopic (exact) mass is 265 g/mol. The highest BCUT2D eigenvalue weighted by Crippen LogP contribution is 2.20. The third-order valence-electron chi connectivity index (χ3n) is 1.85. The predicted octanol–water partition coefficient (Wildman–Crippen LogP) is 2.89. The largest absolute Gasteiger partial charge is 0.355 e. The maximum absolute atomic E-state index is 10.8. The molecule has 5 heteroatoms. The van der Waals surface area contributed by atoms with Gasteiger partial charge in [0.05, 0.1) is 0 Å². The molecule has 0 fully saturated rings. The van der Waals surface area contributed by atoms with Crippen molar-refractivity contribution in [3.05, 3.63) is 33.8 Å². The molecule has 0 atom stereocenters. The third kappa shape index (κ3) is 4.29. The number of rotatable bonds is 4. The van der Waals surface area contributed by atoms with Crippen LogP contribution in [0.25, 0.3) is 0 Å². The molecule has 0 heterocycles. The topological polar surface area (TPSA) is 29.1 Å². The molecule has 15 heavy (non-hydrogen) atoms. The van der Waals surface area contributed by atoms with Crippen LogP contribution in [0.15, 0.2) is 18.2 Å². The van der Waals surface area contributed by atoms with E-state index in [2.05, 4.69) is 5.32 Å². The van der Waals surface area contributed by atoms with Crippen molar-refractivity contribution in [3.8, 4) is 0 Å². The fourth-order valence-electron chi connectivity index (χ4n) is 1.11. The zero-order chi connectivity index (χ0) is 11.3. The number of nitrogens with one attached hydrogen (secondary N) is 1. The van der Waals surface area contributed by atoms with Gasteiger partial charge in [-0.1, -0.05) is 29.3 Å². The van der Waals surface area contributed by atoms with E-state index in [1.165, 1.54) is 0 Å². The molecule has 1 rings (SSSR count). The lowest BCUT2D eigenvalue weighted by Crippen LogP contribution is -2.26. The van der Waals surface area contributed by atoms with Gasteiger partial charge >= 0.3 is 0 Å². The van der Waals surface area contributed by atoms with Crippen LogP contribution in [-0.4, -0.2) is 18.3 Å². The minimum absolute atomic E-state index is 0.0195. The molecule has 0 radical (unpaired) electrons. The van der Waals surface area contributed by atoms with Crippen LogP contribution in [0.1, 0.15) is 5.56 Å². The molecule has 0 bridgehead atoms. The van der Waals surface area contributed by atoms with Crippen LogP contribution in [0.5, 0.6) is 0 Å². The molecule has 0 aromatic heterocycles. The Morgan fingerprint density at radius 3 is 2.67 bits per heavy atom. The van der Waals surface area contributed by atoms with Gasteiger partial charge in [0.2, 0.25) is 5.91 Å². The normalized spacial score (nSPS) is 10.1. The number of carbonyl (C=O) groups is 1. The van der Waals surface area contributed by atoms with Gasteiger partial charge in [-0.3, -0.25) is 4.79 Å². The highest BCUT2D eigenvalue weighted by atomic mass is 35.5. The number of benzene rings is 1. The summed E-state index contributed by atoms with van der Waals surface area (Å²) in [4.78, 5) is 10.8. The van der Waals surface area contributed by atoms with Crippen LogP contribution in [0.3, 0.4) is 0 Å². The van der Waals surface area contributed by atoms with E-state index in [4.69, 9.17) is 34.8 Å². The van der Waals surface area contributed by atoms with E-state index in [-0.39, 0.29) is 11.8 Å². The second-order valence-electron chi connectivity index (χ2n) is 2.97. The number of halogens is 3. The van der Waals surface area contributed by atoms with Gasteiger partial charge in [0, 0.05) is 16.6 Å². The number of carbonyl (C=O) groups excluding carboxylic acids is 1. The summed E-state index contributed by atoms with van der Waals surface area (Å²) in [5, 5.41) is 3.88. The Labute approximate surface area is 104 Å². The Morgan fingerprint density at radius 1 is 1.33 bits per heavy atom. The first-order valence-electron chi connectivity index (χ1n) is 4.40. The zero-order valence-corrected chi connectivity index (χ0v) is 10.2. The number of amides is 1. The lowest BCUT2D eigenvalue weighted by atomic mass is 10.1. The molecule has 0 aliphatic rings. The van der Waals surface area contributed by atoms with E-state index in [0.29, 0.717) is 23.0 Å². The first kappa shape index (κ1) is 12.6. The second-order valence-corrected chi connectivity index (χ2v) is 4.08. The summed E-state index contributed by atoms with van der Waals surface area (Å²) < 4.78 is 0. The van der Waals surface area contributed by atoms with E-state index < -0.39 is 0 Å². The first-order valence-corrected chi connectivity index (χ1v) is 5.69. The quantitative estimate of drug-likeness (QED) is 0.834. The molecule has 0 spiro atoms. The van der Waals surface area contributed by atoms with Gasteiger partial charge in [0.1, 0.15) is 5.88 Å². The van der Waals surface area contributed by atoms with Crippen LogP contribution in [-0.2, 0) is 11.2 Å². The van der Waals surface area contributed by atoms with Crippen LogP contribution in [0, 0.1) is 0 Å². The molecule has 0 aliphatic carbocycles. The highest BCUT2D eigenvalue weighted by Gasteiger charge is 2.02. The maximum Gasteiger partial charge on any atom is 0.234 e. The zero-order valence-electron chi connectivity index (χ0n) is 7.90. The molecule has 0 saturated carbocycles. The smallest absolute Gasteiger partial charge is 0.234 e. The fraction of sp³-hybridized carbons (Fsp3) is 0.300. The van der Waals surface area contributed by atoms with E-state index in [9.17, 15) is 4.79 Å². The summed E-state index contributed by atoms with van der Waals surface area (Å²) >= 11 is 17.0. The average molecular weight is 267 g/mol. The summed E-state index contributed by atoms with van der Waals surface area (Å²) in [5.74, 6) is -0.198. The van der Waals surface area contributed by atoms with E-state index in [0.717, 1.165) is 5.56 Å². The molecule has 2 nitrogen and oxygen atoms in total. The van der Waals surface area contributed by atoms with Gasteiger partial charge in [-0.25, -0.2) is 0 Å². The minimum Gasteiger partial charge on any atom is -0.355 e. The highest BCUT2D eigenvalue weighted by molar-refractivity contribution is 6.35. The molecule has 0 saturated heterocycles. The first-order chi connectivity index (χ1) is 7.13. The van der Waals surface area contributed by atoms with Crippen LogP contribution < -0.4 is 5.32 Å². The Morgan fingerprint density at radius 2 is 2.07 bits per heavy atom. The minimum atomic E-state index is -0.179. The Bertz CT molecular complexity index is 355. The molecule has 0 aliphatic heterocycles. The molecule has 1 aromatic carbocycles. The van der Waals surface area contributed by atoms with Gasteiger partial charge in [-0.15, -0.1) is 11.6 Å². The third-order valence-corrected chi connectivity index (χ3v) is 2.68. The number of hydrogen-bond acceptors (Lipinski definition) is 1. The maximum atomic E-state index is 10.8. The van der Waals surface area contributed by atoms with Crippen molar-refractivity contribution >= 4 is 40.7 Å². The Hall–Kier alpha value is -0.440. The lowest BCUT2D eigenvalue weighted by Gasteiger charge is -2.05. The SMILES string of the molecule is O=C(CCl)NCCc1ccc(Cl)cc1Cl. The molecule has 1 amide bonds. The number of alkyl halides is 1. The molecular formula is C10H10Cl3NO. The molecule has 1 N–H and O–H groups in total. The number of hydrogen-bond donors (Lipinski definition) is 1. The fourth-order valence-corrected chi connectivity index (χ4v) is 1.71. The van der Waals surface area contributed by atoms with Gasteiger partial charge < -0.3 is 5.32 Å². The van der Waals surface area contributed by atoms with Crippen molar-refractivity contribution in [2.24, 2.45) is 0 Å². The Balaban J connectivity index is 2.47. The summed E-state index contributed by atoms with van der Waals surface area (Å²) in [7, 11) is 0. The Kier molecular flexibility index (Phi) is 5.23. The van der Waals surface area contributed by atoms with E-state index in [1.54, 1.807) is 12.1 Å². The van der Waals surface area contributed by atoms with Gasteiger partial charge in [0.25, 0.3) is 0 Å². The molecule has 1 aromatic rings. The molecular weight excluding hydrogens is 256 g/mol. The van der Waals surface area contributed by atoms with Crippen molar-refractivity contribution in [2.45, 2.75) is 6.42 Å². The summed E-state index contributed by atoms with van der Waals surface area (Å²) in [5.41, 5.74) is 0.955. The molecule has 82 valence electrons. The standard InChI is InChI=1S/C10H10Cl3NO/c11-6-10(15)14-4-3-7-1-2-8(12)5-9(7)13/h1-2,5H,3-4,6H2,(H,14,15). The van der Waals surface area contributed by atoms with Crippen LogP contribution in [0.2, 0.25) is 10.0 Å². The molecule has 0 unspecified atom stereocenters. The van der Waals surface area contributed by atoms with E-state index >= 15 is 0 Å². The summed E-state index contributed by atoms with van der Waals surface area (Å²) in [6.45, 7) is 0.521. The summed E-state index contributed by atoms with van der Waals surface area (Å²) in [6, 6.07) is 5.30. The second kappa shape index (κ2) is 6.21. The summed E-state index contributed by atoms with van der Waals surface area (Å²) in [6.07, 6.45) is 0.665. The predicted molar refractivity (Wildman–Crippen MR) is 63.9 cm³/mol. The lowest BCUT2D eigenvalue weighted by molar-refractivity contribution is -0.118. The van der Waals surface area contributed by atoms with Crippen LogP contribution >= 0.6 is 34.8 Å². The van der Waals surface area contributed by atoms with E-state index in [1.807, 2.05) is 6.07 Å². The average Bonchev–Trinajstić information content (AvgIpc) is 2.21. The van der Waals surface area contributed by atoms with Gasteiger partial charge in [-0.2, -0.15) is 0 Å². The van der Waals surface area contributed by atoms with Crippen molar-refractivity contribution in [1.29, 1.82) is 0 Å². The van der Waals surface area contributed by atoms with Gasteiger partial charge in [-0.05, 0) is 24.1 Å². The van der Waals surface area contributed by atoms with Gasteiger partial charge in [0.15, 0.2) is 0 Å².